The molecule has 10 heteroatoms. The van der Waals surface area contributed by atoms with Crippen LogP contribution in [0.2, 0.25) is 0 Å². The van der Waals surface area contributed by atoms with Gasteiger partial charge in [0.25, 0.3) is 0 Å². The molecule has 0 saturated heterocycles. The molecule has 0 aliphatic rings. The second-order valence-corrected chi connectivity index (χ2v) is 8.72. The summed E-state index contributed by atoms with van der Waals surface area (Å²) in [6, 6.07) is 11.4. The molecule has 0 saturated carbocycles. The van der Waals surface area contributed by atoms with Crippen molar-refractivity contribution in [1.82, 2.24) is 15.0 Å². The molecule has 0 bridgehead atoms. The van der Waals surface area contributed by atoms with Gasteiger partial charge in [-0.25, -0.2) is 13.1 Å². The summed E-state index contributed by atoms with van der Waals surface area (Å²) in [7, 11) is -3.77. The Bertz CT molecular complexity index is 1150. The molecule has 0 unspecified atom stereocenters. The van der Waals surface area contributed by atoms with E-state index in [2.05, 4.69) is 15.0 Å². The first-order valence-corrected chi connectivity index (χ1v) is 11.6. The molecule has 2 N–H and O–H groups in total. The highest BCUT2D eigenvalue weighted by Crippen LogP contribution is 2.30. The lowest BCUT2D eigenvalue weighted by molar-refractivity contribution is -0.137. The lowest BCUT2D eigenvalue weighted by atomic mass is 10.1. The minimum absolute atomic E-state index is 0.119. The van der Waals surface area contributed by atoms with Gasteiger partial charge >= 0.3 is 6.18 Å². The molecular formula is C22H24F3N3O3S. The van der Waals surface area contributed by atoms with Gasteiger partial charge in [0.1, 0.15) is 11.3 Å². The van der Waals surface area contributed by atoms with Gasteiger partial charge in [-0.1, -0.05) is 12.1 Å². The second-order valence-electron chi connectivity index (χ2n) is 6.99. The first-order valence-electron chi connectivity index (χ1n) is 10.1. The highest BCUT2D eigenvalue weighted by molar-refractivity contribution is 7.89. The number of ether oxygens (including phenoxy) is 1. The maximum atomic E-state index is 12.8. The summed E-state index contributed by atoms with van der Waals surface area (Å²) in [5.41, 5.74) is 0.562. The average molecular weight is 468 g/mol. The van der Waals surface area contributed by atoms with Gasteiger partial charge in [-0.15, -0.1) is 0 Å². The monoisotopic (exact) mass is 467 g/mol. The number of hydrogen-bond donors (Lipinski definition) is 2. The van der Waals surface area contributed by atoms with Gasteiger partial charge < -0.3 is 10.1 Å². The van der Waals surface area contributed by atoms with Gasteiger partial charge in [-0.05, 0) is 61.9 Å². The zero-order valence-electron chi connectivity index (χ0n) is 17.4. The molecule has 0 fully saturated rings. The quantitative estimate of drug-likeness (QED) is 0.444. The maximum Gasteiger partial charge on any atom is 0.416 e. The number of aromatic nitrogens is 1. The molecule has 32 heavy (non-hydrogen) atoms. The molecule has 0 radical (unpaired) electrons. The number of nitrogens with zero attached hydrogens (tertiary/aromatic N) is 1. The van der Waals surface area contributed by atoms with Crippen molar-refractivity contribution in [2.24, 2.45) is 0 Å². The van der Waals surface area contributed by atoms with E-state index < -0.39 is 21.8 Å². The Kier molecular flexibility index (Phi) is 7.70. The van der Waals surface area contributed by atoms with Crippen molar-refractivity contribution in [3.63, 3.8) is 0 Å². The zero-order valence-corrected chi connectivity index (χ0v) is 18.3. The third kappa shape index (κ3) is 5.96. The van der Waals surface area contributed by atoms with Crippen molar-refractivity contribution in [3.05, 3.63) is 65.9 Å². The summed E-state index contributed by atoms with van der Waals surface area (Å²) in [4.78, 5) is 4.37. The van der Waals surface area contributed by atoms with Crippen LogP contribution in [0, 0.1) is 0 Å². The fourth-order valence-electron chi connectivity index (χ4n) is 3.20. The number of alkyl halides is 3. The highest BCUT2D eigenvalue weighted by atomic mass is 32.2. The Balaban J connectivity index is 1.52. The second kappa shape index (κ2) is 10.3. The fraction of sp³-hybridized carbons (Fsp3) is 0.318. The molecule has 2 aromatic carbocycles. The summed E-state index contributed by atoms with van der Waals surface area (Å²) in [5.74, 6) is 0.520. The van der Waals surface area contributed by atoms with Crippen LogP contribution in [-0.4, -0.2) is 39.6 Å². The average Bonchev–Trinajstić information content (AvgIpc) is 2.76. The number of fused-ring (bicyclic) bond motifs is 1. The van der Waals surface area contributed by atoms with Crippen molar-refractivity contribution >= 4 is 20.9 Å². The molecule has 6 nitrogen and oxygen atoms in total. The Labute approximate surface area is 184 Å². The number of hydrogen-bond acceptors (Lipinski definition) is 5. The lowest BCUT2D eigenvalue weighted by Crippen LogP contribution is -2.32. The van der Waals surface area contributed by atoms with E-state index in [9.17, 15) is 21.6 Å². The SMILES string of the molecule is CCOc1ccc(S(=O)(=O)NCCNCCc2ccc(C(F)(F)F)cc2)c2cccnc12. The number of benzene rings is 2. The zero-order chi connectivity index (χ0) is 23.2. The molecule has 1 aromatic heterocycles. The van der Waals surface area contributed by atoms with Crippen molar-refractivity contribution in [3.8, 4) is 5.75 Å². The summed E-state index contributed by atoms with van der Waals surface area (Å²) >= 11 is 0. The first kappa shape index (κ1) is 24.0. The molecule has 0 aliphatic carbocycles. The van der Waals surface area contributed by atoms with Crippen molar-refractivity contribution in [2.75, 3.05) is 26.2 Å². The lowest BCUT2D eigenvalue weighted by Gasteiger charge is -2.12. The number of halogens is 3. The maximum absolute atomic E-state index is 12.8. The predicted molar refractivity (Wildman–Crippen MR) is 116 cm³/mol. The number of rotatable bonds is 10. The smallest absolute Gasteiger partial charge is 0.416 e. The van der Waals surface area contributed by atoms with E-state index in [1.165, 1.54) is 18.2 Å². The van der Waals surface area contributed by atoms with Gasteiger partial charge in [0, 0.05) is 24.7 Å². The van der Waals surface area contributed by atoms with Gasteiger partial charge in [0.15, 0.2) is 0 Å². The Hall–Kier alpha value is -2.69. The van der Waals surface area contributed by atoms with Crippen molar-refractivity contribution < 1.29 is 26.3 Å². The van der Waals surface area contributed by atoms with Crippen LogP contribution in [0.25, 0.3) is 10.9 Å². The van der Waals surface area contributed by atoms with Gasteiger partial charge in [0.2, 0.25) is 10.0 Å². The molecule has 0 atom stereocenters. The largest absolute Gasteiger partial charge is 0.492 e. The van der Waals surface area contributed by atoms with E-state index in [4.69, 9.17) is 4.74 Å². The fourth-order valence-corrected chi connectivity index (χ4v) is 4.42. The predicted octanol–water partition coefficient (Wildman–Crippen LogP) is 3.76. The molecule has 0 aliphatic heterocycles. The Morgan fingerprint density at radius 3 is 2.44 bits per heavy atom. The van der Waals surface area contributed by atoms with Crippen molar-refractivity contribution in [1.29, 1.82) is 0 Å². The van der Waals surface area contributed by atoms with Gasteiger partial charge in [0.05, 0.1) is 17.1 Å². The minimum Gasteiger partial charge on any atom is -0.492 e. The molecule has 3 rings (SSSR count). The van der Waals surface area contributed by atoms with Crippen LogP contribution in [0.5, 0.6) is 5.75 Å². The molecule has 1 heterocycles. The van der Waals surface area contributed by atoms with E-state index in [1.54, 1.807) is 24.4 Å². The van der Waals surface area contributed by atoms with Crippen LogP contribution in [-0.2, 0) is 22.6 Å². The Morgan fingerprint density at radius 1 is 1.00 bits per heavy atom. The van der Waals surface area contributed by atoms with E-state index >= 15 is 0 Å². The summed E-state index contributed by atoms with van der Waals surface area (Å²) in [6.07, 6.45) is -2.24. The van der Waals surface area contributed by atoms with Crippen LogP contribution >= 0.6 is 0 Å². The standard InChI is InChI=1S/C22H24F3N3O3S/c1-2-31-19-9-10-20(18-4-3-12-27-21(18)19)32(29,30)28-15-14-26-13-11-16-5-7-17(8-6-16)22(23,24)25/h3-10,12,26,28H,2,11,13-15H2,1H3. The van der Waals surface area contributed by atoms with E-state index in [0.717, 1.165) is 17.7 Å². The minimum atomic E-state index is -4.35. The topological polar surface area (TPSA) is 80.3 Å². The molecule has 0 amide bonds. The summed E-state index contributed by atoms with van der Waals surface area (Å²) < 4.78 is 71.4. The molecular weight excluding hydrogens is 443 g/mol. The number of nitrogens with one attached hydrogen (secondary N) is 2. The third-order valence-electron chi connectivity index (χ3n) is 4.75. The summed E-state index contributed by atoms with van der Waals surface area (Å²) in [6.45, 7) is 3.31. The van der Waals surface area contributed by atoms with Gasteiger partial charge in [-0.3, -0.25) is 4.98 Å². The van der Waals surface area contributed by atoms with Crippen LogP contribution in [0.3, 0.4) is 0 Å². The van der Waals surface area contributed by atoms with Crippen LogP contribution in [0.4, 0.5) is 13.2 Å². The highest BCUT2D eigenvalue weighted by Gasteiger charge is 2.29. The first-order chi connectivity index (χ1) is 15.2. The molecule has 172 valence electrons. The molecule has 3 aromatic rings. The van der Waals surface area contributed by atoms with E-state index in [0.29, 0.717) is 42.8 Å². The normalized spacial score (nSPS) is 12.2. The summed E-state index contributed by atoms with van der Waals surface area (Å²) in [5, 5.41) is 3.56. The number of pyridine rings is 1. The third-order valence-corrected chi connectivity index (χ3v) is 6.27. The van der Waals surface area contributed by atoms with Gasteiger partial charge in [-0.2, -0.15) is 13.2 Å². The van der Waals surface area contributed by atoms with Crippen LogP contribution in [0.1, 0.15) is 18.1 Å². The number of sulfonamides is 1. The van der Waals surface area contributed by atoms with E-state index in [-0.39, 0.29) is 11.4 Å². The Morgan fingerprint density at radius 2 is 1.75 bits per heavy atom. The van der Waals surface area contributed by atoms with Crippen molar-refractivity contribution in [2.45, 2.75) is 24.4 Å². The van der Waals surface area contributed by atoms with E-state index in [1.807, 2.05) is 6.92 Å². The molecule has 0 spiro atoms. The van der Waals surface area contributed by atoms with Crippen LogP contribution in [0.15, 0.2) is 59.6 Å². The van der Waals surface area contributed by atoms with Crippen LogP contribution < -0.4 is 14.8 Å².